The highest BCUT2D eigenvalue weighted by Gasteiger charge is 2.16. The van der Waals surface area contributed by atoms with Gasteiger partial charge in [-0.15, -0.1) is 0 Å². The Hall–Kier alpha value is -1.42. The predicted octanol–water partition coefficient (Wildman–Crippen LogP) is 1.25. The topological polar surface area (TPSA) is 42.4 Å². The van der Waals surface area contributed by atoms with Crippen molar-refractivity contribution in [2.45, 2.75) is 19.9 Å². The lowest BCUT2D eigenvalue weighted by Gasteiger charge is -2.24. The molecule has 0 unspecified atom stereocenters. The quantitative estimate of drug-likeness (QED) is 0.703. The summed E-state index contributed by atoms with van der Waals surface area (Å²) in [6, 6.07) is 1.91. The van der Waals surface area contributed by atoms with Crippen molar-refractivity contribution in [1.82, 2.24) is 9.88 Å². The van der Waals surface area contributed by atoms with Gasteiger partial charge in [-0.1, -0.05) is 0 Å². The Labute approximate surface area is 95.2 Å². The van der Waals surface area contributed by atoms with Crippen LogP contribution in [0.1, 0.15) is 28.5 Å². The van der Waals surface area contributed by atoms with Gasteiger partial charge in [0.2, 0.25) is 0 Å². The van der Waals surface area contributed by atoms with Crippen LogP contribution in [0.2, 0.25) is 0 Å². The van der Waals surface area contributed by atoms with Crippen LogP contribution in [0.5, 0.6) is 0 Å². The van der Waals surface area contributed by atoms with E-state index in [4.69, 9.17) is 4.74 Å². The van der Waals surface area contributed by atoms with Crippen molar-refractivity contribution >= 4 is 5.97 Å². The fraction of sp³-hybridized carbons (Fsp3) is 0.500. The van der Waals surface area contributed by atoms with Gasteiger partial charge in [0.05, 0.1) is 17.9 Å². The third-order valence-corrected chi connectivity index (χ3v) is 2.75. The third-order valence-electron chi connectivity index (χ3n) is 2.75. The van der Waals surface area contributed by atoms with E-state index in [0.29, 0.717) is 12.2 Å². The maximum atomic E-state index is 11.5. The van der Waals surface area contributed by atoms with E-state index < -0.39 is 0 Å². The highest BCUT2D eigenvalue weighted by molar-refractivity contribution is 5.89. The fourth-order valence-corrected chi connectivity index (χ4v) is 1.87. The molecule has 0 aliphatic carbocycles. The Morgan fingerprint density at radius 1 is 1.62 bits per heavy atom. The summed E-state index contributed by atoms with van der Waals surface area (Å²) in [6.07, 6.45) is 2.56. The van der Waals surface area contributed by atoms with Crippen molar-refractivity contribution in [3.8, 4) is 0 Å². The molecule has 0 bridgehead atoms. The molecule has 0 spiro atoms. The van der Waals surface area contributed by atoms with Crippen molar-refractivity contribution in [2.75, 3.05) is 20.2 Å². The predicted molar refractivity (Wildman–Crippen MR) is 60.2 cm³/mol. The van der Waals surface area contributed by atoms with Crippen LogP contribution in [-0.4, -0.2) is 36.1 Å². The van der Waals surface area contributed by atoms with Gasteiger partial charge in [-0.05, 0) is 32.0 Å². The highest BCUT2D eigenvalue weighted by atomic mass is 16.5. The molecule has 2 rings (SSSR count). The minimum Gasteiger partial charge on any atom is -0.462 e. The zero-order chi connectivity index (χ0) is 11.5. The van der Waals surface area contributed by atoms with E-state index in [2.05, 4.69) is 16.9 Å². The summed E-state index contributed by atoms with van der Waals surface area (Å²) in [7, 11) is 2.07. The number of hydrogen-bond donors (Lipinski definition) is 0. The van der Waals surface area contributed by atoms with Crippen LogP contribution in [0.4, 0.5) is 0 Å². The van der Waals surface area contributed by atoms with E-state index in [9.17, 15) is 4.79 Å². The van der Waals surface area contributed by atoms with E-state index in [1.54, 1.807) is 13.1 Å². The molecule has 0 saturated heterocycles. The molecular weight excluding hydrogens is 204 g/mol. The Morgan fingerprint density at radius 3 is 3.19 bits per heavy atom. The molecule has 0 aromatic carbocycles. The molecule has 1 aliphatic heterocycles. The van der Waals surface area contributed by atoms with Crippen LogP contribution < -0.4 is 0 Å². The van der Waals surface area contributed by atoms with E-state index >= 15 is 0 Å². The molecule has 2 heterocycles. The molecule has 4 heteroatoms. The molecule has 16 heavy (non-hydrogen) atoms. The number of carbonyl (C=O) groups is 1. The molecule has 0 amide bonds. The lowest BCUT2D eigenvalue weighted by atomic mass is 10.0. The molecule has 0 radical (unpaired) electrons. The van der Waals surface area contributed by atoms with Crippen LogP contribution >= 0.6 is 0 Å². The van der Waals surface area contributed by atoms with Crippen molar-refractivity contribution in [2.24, 2.45) is 0 Å². The zero-order valence-electron chi connectivity index (χ0n) is 9.69. The molecule has 1 aliphatic rings. The number of aromatic nitrogens is 1. The maximum Gasteiger partial charge on any atom is 0.339 e. The van der Waals surface area contributed by atoms with Gasteiger partial charge in [0, 0.05) is 19.3 Å². The second kappa shape index (κ2) is 4.61. The van der Waals surface area contributed by atoms with Gasteiger partial charge in [0.25, 0.3) is 0 Å². The second-order valence-electron chi connectivity index (χ2n) is 4.04. The number of likely N-dealkylation sites (N-methyl/N-ethyl adjacent to an activating group) is 1. The lowest BCUT2D eigenvalue weighted by molar-refractivity contribution is 0.0525. The average molecular weight is 220 g/mol. The first-order valence-corrected chi connectivity index (χ1v) is 5.54. The Kier molecular flexibility index (Phi) is 3.19. The summed E-state index contributed by atoms with van der Waals surface area (Å²) in [5.74, 6) is -0.281. The normalized spacial score (nSPS) is 15.6. The number of fused-ring (bicyclic) bond motifs is 1. The first-order chi connectivity index (χ1) is 7.70. The van der Waals surface area contributed by atoms with Gasteiger partial charge in [-0.3, -0.25) is 4.98 Å². The Morgan fingerprint density at radius 2 is 2.44 bits per heavy atom. The number of esters is 1. The SMILES string of the molecule is CCOC(=O)c1cnc2c(c1)CCN(C)C2. The molecular formula is C12H16N2O2. The first-order valence-electron chi connectivity index (χ1n) is 5.54. The van der Waals surface area contributed by atoms with E-state index in [0.717, 1.165) is 25.2 Å². The van der Waals surface area contributed by atoms with Crippen molar-refractivity contribution in [3.05, 3.63) is 29.1 Å². The minimum atomic E-state index is -0.281. The molecule has 0 atom stereocenters. The van der Waals surface area contributed by atoms with Crippen LogP contribution in [-0.2, 0) is 17.7 Å². The maximum absolute atomic E-state index is 11.5. The molecule has 1 aromatic heterocycles. The number of pyridine rings is 1. The molecule has 0 N–H and O–H groups in total. The van der Waals surface area contributed by atoms with Crippen LogP contribution in [0, 0.1) is 0 Å². The smallest absolute Gasteiger partial charge is 0.339 e. The zero-order valence-corrected chi connectivity index (χ0v) is 9.69. The number of carbonyl (C=O) groups excluding carboxylic acids is 1. The molecule has 0 saturated carbocycles. The third kappa shape index (κ3) is 2.22. The standard InChI is InChI=1S/C12H16N2O2/c1-3-16-12(15)10-6-9-4-5-14(2)8-11(9)13-7-10/h6-7H,3-5,8H2,1-2H3. The molecule has 4 nitrogen and oxygen atoms in total. The van der Waals surface area contributed by atoms with Crippen LogP contribution in [0.3, 0.4) is 0 Å². The molecule has 0 fully saturated rings. The average Bonchev–Trinajstić information content (AvgIpc) is 2.28. The fourth-order valence-electron chi connectivity index (χ4n) is 1.87. The van der Waals surface area contributed by atoms with Crippen molar-refractivity contribution in [3.63, 3.8) is 0 Å². The monoisotopic (exact) mass is 220 g/mol. The number of nitrogens with zero attached hydrogens (tertiary/aromatic N) is 2. The van der Waals surface area contributed by atoms with Gasteiger partial charge in [-0.25, -0.2) is 4.79 Å². The Balaban J connectivity index is 2.22. The summed E-state index contributed by atoms with van der Waals surface area (Å²) >= 11 is 0. The summed E-state index contributed by atoms with van der Waals surface area (Å²) < 4.78 is 4.95. The highest BCUT2D eigenvalue weighted by Crippen LogP contribution is 2.17. The minimum absolute atomic E-state index is 0.281. The van der Waals surface area contributed by atoms with Crippen LogP contribution in [0.15, 0.2) is 12.3 Å². The Bertz CT molecular complexity index is 404. The van der Waals surface area contributed by atoms with Crippen molar-refractivity contribution in [1.29, 1.82) is 0 Å². The van der Waals surface area contributed by atoms with Gasteiger partial charge >= 0.3 is 5.97 Å². The van der Waals surface area contributed by atoms with Crippen molar-refractivity contribution < 1.29 is 9.53 Å². The summed E-state index contributed by atoms with van der Waals surface area (Å²) in [5.41, 5.74) is 2.80. The molecule has 1 aromatic rings. The second-order valence-corrected chi connectivity index (χ2v) is 4.04. The van der Waals surface area contributed by atoms with Crippen LogP contribution in [0.25, 0.3) is 0 Å². The summed E-state index contributed by atoms with van der Waals surface area (Å²) in [5, 5.41) is 0. The summed E-state index contributed by atoms with van der Waals surface area (Å²) in [4.78, 5) is 18.1. The van der Waals surface area contributed by atoms with E-state index in [1.807, 2.05) is 6.07 Å². The first kappa shape index (κ1) is 11.1. The van der Waals surface area contributed by atoms with Gasteiger partial charge < -0.3 is 9.64 Å². The lowest BCUT2D eigenvalue weighted by Crippen LogP contribution is -2.27. The number of ether oxygens (including phenoxy) is 1. The summed E-state index contributed by atoms with van der Waals surface area (Å²) in [6.45, 7) is 4.08. The molecule has 86 valence electrons. The van der Waals surface area contributed by atoms with Gasteiger partial charge in [0.1, 0.15) is 0 Å². The van der Waals surface area contributed by atoms with E-state index in [-0.39, 0.29) is 5.97 Å². The largest absolute Gasteiger partial charge is 0.462 e. The number of hydrogen-bond acceptors (Lipinski definition) is 4. The van der Waals surface area contributed by atoms with Gasteiger partial charge in [-0.2, -0.15) is 0 Å². The van der Waals surface area contributed by atoms with Gasteiger partial charge in [0.15, 0.2) is 0 Å². The van der Waals surface area contributed by atoms with E-state index in [1.165, 1.54) is 5.56 Å². The number of rotatable bonds is 2.